The van der Waals surface area contributed by atoms with Gasteiger partial charge in [-0.2, -0.15) is 0 Å². The van der Waals surface area contributed by atoms with Gasteiger partial charge in [-0.25, -0.2) is 9.37 Å². The second kappa shape index (κ2) is 6.27. The molecule has 0 bridgehead atoms. The lowest BCUT2D eigenvalue weighted by Gasteiger charge is -2.15. The second-order valence-corrected chi connectivity index (χ2v) is 5.59. The fraction of sp³-hybridized carbons (Fsp3) is 0.235. The van der Waals surface area contributed by atoms with Gasteiger partial charge in [0.15, 0.2) is 11.2 Å². The number of rotatable bonds is 4. The summed E-state index contributed by atoms with van der Waals surface area (Å²) >= 11 is 0. The first kappa shape index (κ1) is 15.9. The van der Waals surface area contributed by atoms with Crippen molar-refractivity contribution in [2.75, 3.05) is 13.6 Å². The minimum atomic E-state index is -0.377. The second-order valence-electron chi connectivity index (χ2n) is 5.59. The molecule has 0 radical (unpaired) electrons. The van der Waals surface area contributed by atoms with E-state index in [0.29, 0.717) is 35.6 Å². The van der Waals surface area contributed by atoms with Crippen LogP contribution in [0.1, 0.15) is 22.1 Å². The van der Waals surface area contributed by atoms with E-state index in [1.165, 1.54) is 29.2 Å². The minimum Gasteiger partial charge on any atom is -0.456 e. The largest absolute Gasteiger partial charge is 0.456 e. The van der Waals surface area contributed by atoms with Crippen LogP contribution in [0.2, 0.25) is 0 Å². The summed E-state index contributed by atoms with van der Waals surface area (Å²) in [6.07, 6.45) is 0.467. The van der Waals surface area contributed by atoms with Gasteiger partial charge in [0.1, 0.15) is 17.4 Å². The molecule has 0 unspecified atom stereocenters. The number of H-pyrrole nitrogens is 1. The fourth-order valence-corrected chi connectivity index (χ4v) is 2.43. The normalized spacial score (nSPS) is 11.0. The number of fused-ring (bicyclic) bond motifs is 1. The first-order valence-electron chi connectivity index (χ1n) is 7.44. The number of aromatic nitrogens is 2. The van der Waals surface area contributed by atoms with E-state index in [4.69, 9.17) is 4.42 Å². The Kier molecular flexibility index (Phi) is 4.16. The third-order valence-electron chi connectivity index (χ3n) is 3.62. The van der Waals surface area contributed by atoms with Gasteiger partial charge in [0, 0.05) is 32.1 Å². The topological polar surface area (TPSA) is 79.2 Å². The van der Waals surface area contributed by atoms with Gasteiger partial charge in [-0.3, -0.25) is 9.59 Å². The molecule has 3 rings (SSSR count). The molecular weight excluding hydrogens is 313 g/mol. The standard InChI is InChI=1S/C17H16FN3O3/c1-10-7-12(22)9-15(24-10)17(23)21(2)6-5-16-19-13-4-3-11(18)8-14(13)20-16/h3-4,7-9H,5-6H2,1-2H3,(H,19,20). The van der Waals surface area contributed by atoms with Crippen LogP contribution >= 0.6 is 0 Å². The summed E-state index contributed by atoms with van der Waals surface area (Å²) in [5.41, 5.74) is 1.02. The predicted octanol–water partition coefficient (Wildman–Crippen LogP) is 2.28. The van der Waals surface area contributed by atoms with E-state index in [-0.39, 0.29) is 22.9 Å². The van der Waals surface area contributed by atoms with Gasteiger partial charge < -0.3 is 14.3 Å². The third-order valence-corrected chi connectivity index (χ3v) is 3.62. The zero-order valence-electron chi connectivity index (χ0n) is 13.3. The number of benzene rings is 1. The molecule has 3 aromatic rings. The molecule has 1 N–H and O–H groups in total. The van der Waals surface area contributed by atoms with Crippen LogP contribution in [0.4, 0.5) is 4.39 Å². The lowest BCUT2D eigenvalue weighted by Crippen LogP contribution is -2.29. The highest BCUT2D eigenvalue weighted by Crippen LogP contribution is 2.13. The summed E-state index contributed by atoms with van der Waals surface area (Å²) in [6.45, 7) is 1.99. The molecular formula is C17H16FN3O3. The average molecular weight is 329 g/mol. The van der Waals surface area contributed by atoms with Crippen molar-refractivity contribution in [1.82, 2.24) is 14.9 Å². The number of aromatic amines is 1. The van der Waals surface area contributed by atoms with Crippen molar-refractivity contribution < 1.29 is 13.6 Å². The predicted molar refractivity (Wildman–Crippen MR) is 86.4 cm³/mol. The van der Waals surface area contributed by atoms with Crippen molar-refractivity contribution >= 4 is 16.9 Å². The molecule has 2 heterocycles. The molecule has 0 aliphatic heterocycles. The number of imidazole rings is 1. The summed E-state index contributed by atoms with van der Waals surface area (Å²) in [7, 11) is 1.62. The molecule has 0 fully saturated rings. The van der Waals surface area contributed by atoms with E-state index < -0.39 is 0 Å². The number of nitrogens with one attached hydrogen (secondary N) is 1. The maximum Gasteiger partial charge on any atom is 0.289 e. The van der Waals surface area contributed by atoms with Crippen molar-refractivity contribution in [2.45, 2.75) is 13.3 Å². The van der Waals surface area contributed by atoms with Crippen molar-refractivity contribution in [2.24, 2.45) is 0 Å². The number of carbonyl (C=O) groups excluding carboxylic acids is 1. The molecule has 6 nitrogen and oxygen atoms in total. The van der Waals surface area contributed by atoms with Gasteiger partial charge in [-0.05, 0) is 25.1 Å². The number of nitrogens with zero attached hydrogens (tertiary/aromatic N) is 2. The van der Waals surface area contributed by atoms with Gasteiger partial charge in [-0.1, -0.05) is 0 Å². The molecule has 0 saturated carbocycles. The number of amides is 1. The summed E-state index contributed by atoms with van der Waals surface area (Å²) in [4.78, 5) is 32.6. The molecule has 1 aromatic carbocycles. The van der Waals surface area contributed by atoms with Crippen molar-refractivity contribution in [3.8, 4) is 0 Å². The smallest absolute Gasteiger partial charge is 0.289 e. The molecule has 24 heavy (non-hydrogen) atoms. The highest BCUT2D eigenvalue weighted by Gasteiger charge is 2.16. The van der Waals surface area contributed by atoms with Crippen LogP contribution in [0.25, 0.3) is 11.0 Å². The van der Waals surface area contributed by atoms with Gasteiger partial charge in [0.05, 0.1) is 11.0 Å². The average Bonchev–Trinajstić information content (AvgIpc) is 2.92. The molecule has 0 saturated heterocycles. The number of aryl methyl sites for hydroxylation is 1. The highest BCUT2D eigenvalue weighted by molar-refractivity contribution is 5.91. The van der Waals surface area contributed by atoms with Gasteiger partial charge in [0.25, 0.3) is 5.91 Å². The van der Waals surface area contributed by atoms with Crippen LogP contribution < -0.4 is 5.43 Å². The van der Waals surface area contributed by atoms with Crippen molar-refractivity contribution in [3.05, 3.63) is 63.7 Å². The van der Waals surface area contributed by atoms with Crippen LogP contribution in [-0.4, -0.2) is 34.4 Å². The molecule has 0 aliphatic rings. The fourth-order valence-electron chi connectivity index (χ4n) is 2.43. The molecule has 0 spiro atoms. The van der Waals surface area contributed by atoms with Crippen LogP contribution in [0, 0.1) is 12.7 Å². The summed E-state index contributed by atoms with van der Waals surface area (Å²) in [5.74, 6) is 0.339. The Morgan fingerprint density at radius 2 is 2.12 bits per heavy atom. The first-order valence-corrected chi connectivity index (χ1v) is 7.44. The Bertz CT molecular complexity index is 961. The number of hydrogen-bond acceptors (Lipinski definition) is 4. The highest BCUT2D eigenvalue weighted by atomic mass is 19.1. The maximum atomic E-state index is 13.2. The Morgan fingerprint density at radius 1 is 1.33 bits per heavy atom. The Labute approximate surface area is 136 Å². The molecule has 124 valence electrons. The first-order chi connectivity index (χ1) is 11.4. The van der Waals surface area contributed by atoms with Crippen LogP contribution in [-0.2, 0) is 6.42 Å². The lowest BCUT2D eigenvalue weighted by molar-refractivity contribution is 0.0760. The van der Waals surface area contributed by atoms with Crippen molar-refractivity contribution in [1.29, 1.82) is 0 Å². The van der Waals surface area contributed by atoms with Gasteiger partial charge >= 0.3 is 0 Å². The minimum absolute atomic E-state index is 0.00850. The monoisotopic (exact) mass is 329 g/mol. The van der Waals surface area contributed by atoms with E-state index >= 15 is 0 Å². The zero-order chi connectivity index (χ0) is 17.3. The number of likely N-dealkylation sites (N-methyl/N-ethyl adjacent to an activating group) is 1. The molecule has 7 heteroatoms. The number of halogens is 1. The molecule has 0 atom stereocenters. The zero-order valence-corrected chi connectivity index (χ0v) is 13.3. The third kappa shape index (κ3) is 3.34. The van der Waals surface area contributed by atoms with E-state index in [1.54, 1.807) is 20.0 Å². The van der Waals surface area contributed by atoms with E-state index in [0.717, 1.165) is 0 Å². The van der Waals surface area contributed by atoms with E-state index in [1.807, 2.05) is 0 Å². The van der Waals surface area contributed by atoms with Crippen LogP contribution in [0.15, 0.2) is 39.5 Å². The summed E-state index contributed by atoms with van der Waals surface area (Å²) in [5, 5.41) is 0. The van der Waals surface area contributed by atoms with Gasteiger partial charge in [-0.15, -0.1) is 0 Å². The van der Waals surface area contributed by atoms with Gasteiger partial charge in [0.2, 0.25) is 0 Å². The van der Waals surface area contributed by atoms with E-state index in [9.17, 15) is 14.0 Å². The SMILES string of the molecule is Cc1cc(=O)cc(C(=O)N(C)CCc2nc3ccc(F)cc3[nH]2)o1. The molecule has 2 aromatic heterocycles. The van der Waals surface area contributed by atoms with E-state index in [2.05, 4.69) is 9.97 Å². The number of carbonyl (C=O) groups is 1. The Balaban J connectivity index is 1.70. The lowest BCUT2D eigenvalue weighted by atomic mass is 10.3. The van der Waals surface area contributed by atoms with Crippen molar-refractivity contribution in [3.63, 3.8) is 0 Å². The Hall–Kier alpha value is -2.96. The number of hydrogen-bond donors (Lipinski definition) is 1. The molecule has 1 amide bonds. The quantitative estimate of drug-likeness (QED) is 0.796. The summed E-state index contributed by atoms with van der Waals surface area (Å²) < 4.78 is 18.5. The maximum absolute atomic E-state index is 13.2. The molecule has 0 aliphatic carbocycles. The summed E-state index contributed by atoms with van der Waals surface area (Å²) in [6, 6.07) is 6.82. The Morgan fingerprint density at radius 3 is 2.88 bits per heavy atom. The van der Waals surface area contributed by atoms with Crippen LogP contribution in [0.5, 0.6) is 0 Å². The van der Waals surface area contributed by atoms with Crippen LogP contribution in [0.3, 0.4) is 0 Å².